The van der Waals surface area contributed by atoms with E-state index in [1.54, 1.807) is 24.3 Å². The fourth-order valence-electron chi connectivity index (χ4n) is 2.46. The van der Waals surface area contributed by atoms with Crippen molar-refractivity contribution in [2.75, 3.05) is 11.1 Å². The number of benzene rings is 2. The second kappa shape index (κ2) is 8.20. The number of nitrogens with two attached hydrogens (primary N) is 1. The molecule has 0 aliphatic heterocycles. The highest BCUT2D eigenvalue weighted by Crippen LogP contribution is 2.37. The zero-order chi connectivity index (χ0) is 22.1. The van der Waals surface area contributed by atoms with Crippen molar-refractivity contribution in [2.24, 2.45) is 0 Å². The van der Waals surface area contributed by atoms with Gasteiger partial charge in [-0.2, -0.15) is 0 Å². The van der Waals surface area contributed by atoms with Gasteiger partial charge in [-0.15, -0.1) is 0 Å². The van der Waals surface area contributed by atoms with E-state index < -0.39 is 8.32 Å². The molecule has 3 aromatic rings. The Labute approximate surface area is 181 Å². The van der Waals surface area contributed by atoms with E-state index in [0.717, 1.165) is 17.1 Å². The molecular formula is C22H26FN3O2SSi. The zero-order valence-electron chi connectivity index (χ0n) is 17.7. The average molecular weight is 444 g/mol. The number of rotatable bonds is 6. The molecule has 0 aliphatic carbocycles. The summed E-state index contributed by atoms with van der Waals surface area (Å²) in [5.41, 5.74) is 7.16. The maximum Gasteiger partial charge on any atom is 0.250 e. The normalized spacial score (nSPS) is 11.9. The first-order chi connectivity index (χ1) is 14.0. The molecule has 0 bridgehead atoms. The molecule has 0 saturated heterocycles. The van der Waals surface area contributed by atoms with Gasteiger partial charge in [0.05, 0.1) is 0 Å². The molecule has 0 fully saturated rings. The molecule has 0 aliphatic rings. The van der Waals surface area contributed by atoms with E-state index >= 15 is 0 Å². The van der Waals surface area contributed by atoms with Gasteiger partial charge in [0.15, 0.2) is 5.13 Å². The molecule has 0 radical (unpaired) electrons. The van der Waals surface area contributed by atoms with Gasteiger partial charge in [0.2, 0.25) is 14.1 Å². The topological polar surface area (TPSA) is 77.2 Å². The molecule has 30 heavy (non-hydrogen) atoms. The third-order valence-electron chi connectivity index (χ3n) is 5.25. The van der Waals surface area contributed by atoms with E-state index in [0.29, 0.717) is 21.3 Å². The Balaban J connectivity index is 1.75. The van der Waals surface area contributed by atoms with Crippen molar-refractivity contribution in [1.29, 1.82) is 0 Å². The molecule has 3 N–H and O–H groups in total. The third kappa shape index (κ3) is 4.88. The van der Waals surface area contributed by atoms with E-state index in [4.69, 9.17) is 10.2 Å². The van der Waals surface area contributed by atoms with Gasteiger partial charge in [-0.25, -0.2) is 9.37 Å². The maximum absolute atomic E-state index is 13.1. The Morgan fingerprint density at radius 3 is 2.27 bits per heavy atom. The molecule has 3 rings (SSSR count). The number of hydrogen-bond acceptors (Lipinski definition) is 6. The van der Waals surface area contributed by atoms with E-state index in [9.17, 15) is 9.18 Å². The van der Waals surface area contributed by atoms with Crippen molar-refractivity contribution in [3.05, 3.63) is 64.8 Å². The Bertz CT molecular complexity index is 1040. The molecule has 0 saturated carbocycles. The van der Waals surface area contributed by atoms with Gasteiger partial charge in [0, 0.05) is 11.3 Å². The lowest BCUT2D eigenvalue weighted by molar-refractivity contribution is 0.104. The number of anilines is 3. The minimum Gasteiger partial charge on any atom is -0.544 e. The van der Waals surface area contributed by atoms with Crippen LogP contribution in [0.2, 0.25) is 18.1 Å². The Morgan fingerprint density at radius 1 is 1.10 bits per heavy atom. The fourth-order valence-corrected chi connectivity index (χ4v) is 4.36. The van der Waals surface area contributed by atoms with Crippen LogP contribution >= 0.6 is 11.3 Å². The van der Waals surface area contributed by atoms with Crippen molar-refractivity contribution in [2.45, 2.75) is 38.9 Å². The lowest BCUT2D eigenvalue weighted by Gasteiger charge is -2.36. The van der Waals surface area contributed by atoms with Gasteiger partial charge in [0.1, 0.15) is 22.3 Å². The Hall–Kier alpha value is -2.71. The molecule has 0 amide bonds. The highest BCUT2D eigenvalue weighted by Gasteiger charge is 2.38. The first-order valence-corrected chi connectivity index (χ1v) is 13.3. The summed E-state index contributed by atoms with van der Waals surface area (Å²) in [6.07, 6.45) is 0. The lowest BCUT2D eigenvalue weighted by atomic mass is 10.1. The number of halogens is 1. The van der Waals surface area contributed by atoms with Crippen LogP contribution in [0.1, 0.15) is 36.0 Å². The van der Waals surface area contributed by atoms with Crippen LogP contribution < -0.4 is 15.5 Å². The first-order valence-electron chi connectivity index (χ1n) is 9.59. The predicted octanol–water partition coefficient (Wildman–Crippen LogP) is 6.22. The van der Waals surface area contributed by atoms with Gasteiger partial charge in [-0.3, -0.25) is 4.79 Å². The quantitative estimate of drug-likeness (QED) is 0.349. The number of aromatic nitrogens is 1. The number of nitrogen functional groups attached to an aromatic ring is 1. The van der Waals surface area contributed by atoms with Crippen LogP contribution in [0.4, 0.5) is 21.0 Å². The highest BCUT2D eigenvalue weighted by atomic mass is 32.1. The average Bonchev–Trinajstić information content (AvgIpc) is 3.02. The van der Waals surface area contributed by atoms with Crippen LogP contribution in [0.3, 0.4) is 0 Å². The van der Waals surface area contributed by atoms with Crippen molar-refractivity contribution < 1.29 is 13.6 Å². The SMILES string of the molecule is CC(C)(C)[Si](C)(C)Oc1ccc(C(=O)c2sc(Nc3ccc(F)cc3)nc2N)cc1. The van der Waals surface area contributed by atoms with Crippen LogP contribution in [0.15, 0.2) is 48.5 Å². The monoisotopic (exact) mass is 443 g/mol. The number of nitrogens with one attached hydrogen (secondary N) is 1. The number of carbonyl (C=O) groups excluding carboxylic acids is 1. The summed E-state index contributed by atoms with van der Waals surface area (Å²) in [7, 11) is -1.95. The van der Waals surface area contributed by atoms with Crippen LogP contribution in [-0.4, -0.2) is 19.1 Å². The summed E-state index contributed by atoms with van der Waals surface area (Å²) in [4.78, 5) is 17.5. The number of hydrogen-bond donors (Lipinski definition) is 2. The van der Waals surface area contributed by atoms with Crippen molar-refractivity contribution in [1.82, 2.24) is 4.98 Å². The summed E-state index contributed by atoms with van der Waals surface area (Å²) in [5, 5.41) is 3.60. The van der Waals surface area contributed by atoms with Crippen LogP contribution in [0.5, 0.6) is 5.75 Å². The fraction of sp³-hybridized carbons (Fsp3) is 0.273. The molecule has 158 valence electrons. The minimum atomic E-state index is -1.95. The number of carbonyl (C=O) groups is 1. The largest absolute Gasteiger partial charge is 0.544 e. The maximum atomic E-state index is 13.1. The minimum absolute atomic E-state index is 0.0898. The van der Waals surface area contributed by atoms with Crippen LogP contribution in [0, 0.1) is 5.82 Å². The van der Waals surface area contributed by atoms with E-state index in [-0.39, 0.29) is 22.5 Å². The molecule has 5 nitrogen and oxygen atoms in total. The van der Waals surface area contributed by atoms with Gasteiger partial charge in [-0.05, 0) is 66.7 Å². The number of ketones is 1. The lowest BCUT2D eigenvalue weighted by Crippen LogP contribution is -2.43. The first kappa shape index (κ1) is 22.0. The summed E-state index contributed by atoms with van der Waals surface area (Å²) in [6.45, 7) is 10.9. The van der Waals surface area contributed by atoms with Gasteiger partial charge >= 0.3 is 0 Å². The molecule has 1 aromatic heterocycles. The van der Waals surface area contributed by atoms with E-state index in [2.05, 4.69) is 44.2 Å². The summed E-state index contributed by atoms with van der Waals surface area (Å²) in [5.74, 6) is 0.400. The molecule has 0 spiro atoms. The highest BCUT2D eigenvalue weighted by molar-refractivity contribution is 7.18. The van der Waals surface area contributed by atoms with Gasteiger partial charge < -0.3 is 15.5 Å². The smallest absolute Gasteiger partial charge is 0.250 e. The molecule has 0 atom stereocenters. The summed E-state index contributed by atoms with van der Waals surface area (Å²) < 4.78 is 19.3. The van der Waals surface area contributed by atoms with Crippen LogP contribution in [0.25, 0.3) is 0 Å². The second-order valence-electron chi connectivity index (χ2n) is 8.58. The van der Waals surface area contributed by atoms with Crippen molar-refractivity contribution in [3.63, 3.8) is 0 Å². The molecule has 0 unspecified atom stereocenters. The van der Waals surface area contributed by atoms with Crippen molar-refractivity contribution >= 4 is 42.1 Å². The second-order valence-corrected chi connectivity index (χ2v) is 14.3. The summed E-state index contributed by atoms with van der Waals surface area (Å²) >= 11 is 1.16. The van der Waals surface area contributed by atoms with E-state index in [1.807, 2.05) is 12.1 Å². The van der Waals surface area contributed by atoms with Gasteiger partial charge in [-0.1, -0.05) is 32.1 Å². The number of thiazole rings is 1. The van der Waals surface area contributed by atoms with E-state index in [1.165, 1.54) is 12.1 Å². The zero-order valence-corrected chi connectivity index (χ0v) is 19.6. The molecular weight excluding hydrogens is 417 g/mol. The standard InChI is InChI=1S/C22H26FN3O2SSi/c1-22(2,3)30(4,5)28-17-12-6-14(7-13-17)18(27)19-20(24)26-21(29-19)25-16-10-8-15(23)9-11-16/h6-13H,24H2,1-5H3,(H,25,26). The van der Waals surface area contributed by atoms with Crippen LogP contribution in [-0.2, 0) is 0 Å². The summed E-state index contributed by atoms with van der Waals surface area (Å²) in [6, 6.07) is 13.0. The molecule has 1 heterocycles. The predicted molar refractivity (Wildman–Crippen MR) is 124 cm³/mol. The molecule has 2 aromatic carbocycles. The van der Waals surface area contributed by atoms with Gasteiger partial charge in [0.25, 0.3) is 0 Å². The Kier molecular flexibility index (Phi) is 6.01. The number of nitrogens with zero attached hydrogens (tertiary/aromatic N) is 1. The molecule has 8 heteroatoms. The Morgan fingerprint density at radius 2 is 1.70 bits per heavy atom. The van der Waals surface area contributed by atoms with Crippen molar-refractivity contribution in [3.8, 4) is 5.75 Å². The third-order valence-corrected chi connectivity index (χ3v) is 10.6.